The van der Waals surface area contributed by atoms with Crippen LogP contribution in [0.5, 0.6) is 0 Å². The lowest BCUT2D eigenvalue weighted by atomic mass is 9.87. The second-order valence-electron chi connectivity index (χ2n) is 7.77. The summed E-state index contributed by atoms with van der Waals surface area (Å²) in [7, 11) is 0. The normalized spacial score (nSPS) is 25.2. The van der Waals surface area contributed by atoms with Crippen LogP contribution in [0.25, 0.3) is 0 Å². The number of nitrogens with zero attached hydrogens (tertiary/aromatic N) is 4. The van der Waals surface area contributed by atoms with Gasteiger partial charge in [-0.05, 0) is 37.5 Å². The van der Waals surface area contributed by atoms with Crippen molar-refractivity contribution in [2.45, 2.75) is 26.3 Å². The Kier molecular flexibility index (Phi) is 7.76. The Morgan fingerprint density at radius 3 is 2.82 bits per heavy atom. The first-order valence-electron chi connectivity index (χ1n) is 10.2. The number of hydrogen-bond acceptors (Lipinski definition) is 5. The number of rotatable bonds is 4. The van der Waals surface area contributed by atoms with Gasteiger partial charge in [-0.25, -0.2) is 9.98 Å². The molecule has 0 saturated carbocycles. The third-order valence-electron chi connectivity index (χ3n) is 5.81. The summed E-state index contributed by atoms with van der Waals surface area (Å²) in [5, 5.41) is 3.47. The molecular weight excluding hydrogens is 469 g/mol. The molecule has 1 aromatic heterocycles. The Bertz CT molecular complexity index is 660. The summed E-state index contributed by atoms with van der Waals surface area (Å²) >= 11 is 0. The molecule has 1 atom stereocenters. The maximum Gasteiger partial charge on any atom is 0.194 e. The Labute approximate surface area is 184 Å². The smallest absolute Gasteiger partial charge is 0.194 e. The van der Waals surface area contributed by atoms with Crippen LogP contribution in [0, 0.1) is 5.41 Å². The number of guanidine groups is 1. The van der Waals surface area contributed by atoms with Crippen LogP contribution in [0.15, 0.2) is 23.3 Å². The number of morpholine rings is 1. The van der Waals surface area contributed by atoms with Gasteiger partial charge in [0.1, 0.15) is 5.82 Å². The van der Waals surface area contributed by atoms with Gasteiger partial charge in [-0.2, -0.15) is 0 Å². The van der Waals surface area contributed by atoms with Crippen LogP contribution in [0.3, 0.4) is 0 Å². The fourth-order valence-corrected chi connectivity index (χ4v) is 4.20. The highest BCUT2D eigenvalue weighted by molar-refractivity contribution is 14.0. The highest BCUT2D eigenvalue weighted by atomic mass is 127. The van der Waals surface area contributed by atoms with Crippen molar-refractivity contribution >= 4 is 35.8 Å². The molecular formula is C20H32IN5O2. The molecule has 7 nitrogen and oxygen atoms in total. The molecule has 3 fully saturated rings. The number of aromatic nitrogens is 1. The zero-order chi connectivity index (χ0) is 18.5. The second kappa shape index (κ2) is 10.1. The number of ether oxygens (including phenoxy) is 2. The van der Waals surface area contributed by atoms with Crippen LogP contribution in [0.1, 0.15) is 25.3 Å². The molecule has 3 aliphatic rings. The lowest BCUT2D eigenvalue weighted by Crippen LogP contribution is -2.41. The van der Waals surface area contributed by atoms with Gasteiger partial charge >= 0.3 is 0 Å². The Balaban J connectivity index is 0.00000225. The molecule has 0 aliphatic carbocycles. The van der Waals surface area contributed by atoms with Crippen molar-refractivity contribution in [1.82, 2.24) is 15.2 Å². The molecule has 0 amide bonds. The monoisotopic (exact) mass is 501 g/mol. The van der Waals surface area contributed by atoms with Crippen LogP contribution in [-0.2, 0) is 16.0 Å². The molecule has 8 heteroatoms. The maximum absolute atomic E-state index is 5.66. The minimum Gasteiger partial charge on any atom is -0.381 e. The van der Waals surface area contributed by atoms with E-state index in [0.29, 0.717) is 12.0 Å². The zero-order valence-corrected chi connectivity index (χ0v) is 19.1. The van der Waals surface area contributed by atoms with E-state index in [-0.39, 0.29) is 24.0 Å². The van der Waals surface area contributed by atoms with Gasteiger partial charge in [-0.1, -0.05) is 0 Å². The van der Waals surface area contributed by atoms with Gasteiger partial charge in [0.05, 0.1) is 26.4 Å². The number of nitrogens with one attached hydrogen (secondary N) is 1. The highest BCUT2D eigenvalue weighted by Crippen LogP contribution is 2.38. The van der Waals surface area contributed by atoms with E-state index < -0.39 is 0 Å². The summed E-state index contributed by atoms with van der Waals surface area (Å²) in [4.78, 5) is 14.1. The summed E-state index contributed by atoms with van der Waals surface area (Å²) in [6.45, 7) is 10.9. The van der Waals surface area contributed by atoms with Gasteiger partial charge in [0, 0.05) is 50.9 Å². The molecule has 1 aromatic rings. The van der Waals surface area contributed by atoms with E-state index in [1.54, 1.807) is 0 Å². The molecule has 0 bridgehead atoms. The molecule has 156 valence electrons. The number of likely N-dealkylation sites (tertiary alicyclic amines) is 1. The van der Waals surface area contributed by atoms with Crippen molar-refractivity contribution in [3.05, 3.63) is 23.9 Å². The molecule has 1 N–H and O–H groups in total. The van der Waals surface area contributed by atoms with Crippen molar-refractivity contribution in [2.24, 2.45) is 10.4 Å². The van der Waals surface area contributed by atoms with Crippen molar-refractivity contribution in [3.8, 4) is 0 Å². The fourth-order valence-electron chi connectivity index (χ4n) is 4.20. The van der Waals surface area contributed by atoms with E-state index in [1.165, 1.54) is 18.4 Å². The summed E-state index contributed by atoms with van der Waals surface area (Å²) in [5.74, 6) is 2.05. The number of hydrogen-bond donors (Lipinski definition) is 1. The number of halogens is 1. The van der Waals surface area contributed by atoms with Crippen molar-refractivity contribution in [2.75, 3.05) is 64.1 Å². The SMILES string of the molecule is CCNC(=NCc1ccnc(N2CCOCC2)c1)N1CCC2(CCOC2)C1.I. The summed E-state index contributed by atoms with van der Waals surface area (Å²) in [6.07, 6.45) is 4.27. The summed E-state index contributed by atoms with van der Waals surface area (Å²) < 4.78 is 11.1. The minimum atomic E-state index is 0. The Hall–Kier alpha value is -1.13. The van der Waals surface area contributed by atoms with E-state index in [0.717, 1.165) is 70.9 Å². The molecule has 4 rings (SSSR count). The van der Waals surface area contributed by atoms with E-state index in [4.69, 9.17) is 14.5 Å². The molecule has 0 radical (unpaired) electrons. The highest BCUT2D eigenvalue weighted by Gasteiger charge is 2.42. The third kappa shape index (κ3) is 5.07. The van der Waals surface area contributed by atoms with Crippen LogP contribution >= 0.6 is 24.0 Å². The molecule has 4 heterocycles. The first-order valence-corrected chi connectivity index (χ1v) is 10.2. The van der Waals surface area contributed by atoms with E-state index >= 15 is 0 Å². The van der Waals surface area contributed by atoms with E-state index in [1.807, 2.05) is 6.20 Å². The first-order chi connectivity index (χ1) is 13.3. The summed E-state index contributed by atoms with van der Waals surface area (Å²) in [6, 6.07) is 4.22. The largest absolute Gasteiger partial charge is 0.381 e. The number of anilines is 1. The van der Waals surface area contributed by atoms with Crippen LogP contribution in [0.4, 0.5) is 5.82 Å². The maximum atomic E-state index is 5.66. The van der Waals surface area contributed by atoms with E-state index in [9.17, 15) is 0 Å². The summed E-state index contributed by atoms with van der Waals surface area (Å²) in [5.41, 5.74) is 1.54. The van der Waals surface area contributed by atoms with Gasteiger partial charge in [0.2, 0.25) is 0 Å². The molecule has 3 saturated heterocycles. The average Bonchev–Trinajstić information content (AvgIpc) is 3.36. The molecule has 1 unspecified atom stereocenters. The van der Waals surface area contributed by atoms with Gasteiger partial charge in [0.15, 0.2) is 5.96 Å². The first kappa shape index (κ1) is 21.6. The zero-order valence-electron chi connectivity index (χ0n) is 16.7. The number of aliphatic imine (C=N–C) groups is 1. The quantitative estimate of drug-likeness (QED) is 0.388. The Morgan fingerprint density at radius 2 is 2.07 bits per heavy atom. The van der Waals surface area contributed by atoms with Gasteiger partial charge < -0.3 is 24.6 Å². The molecule has 1 spiro atoms. The second-order valence-corrected chi connectivity index (χ2v) is 7.77. The Morgan fingerprint density at radius 1 is 1.21 bits per heavy atom. The van der Waals surface area contributed by atoms with Gasteiger partial charge in [-0.15, -0.1) is 24.0 Å². The van der Waals surface area contributed by atoms with Gasteiger partial charge in [-0.3, -0.25) is 0 Å². The van der Waals surface area contributed by atoms with E-state index in [2.05, 4.69) is 39.2 Å². The van der Waals surface area contributed by atoms with Crippen LogP contribution in [-0.4, -0.2) is 75.0 Å². The average molecular weight is 501 g/mol. The molecule has 3 aliphatic heterocycles. The van der Waals surface area contributed by atoms with Crippen molar-refractivity contribution in [3.63, 3.8) is 0 Å². The molecule has 0 aromatic carbocycles. The van der Waals surface area contributed by atoms with Crippen LogP contribution in [0.2, 0.25) is 0 Å². The fraction of sp³-hybridized carbons (Fsp3) is 0.700. The minimum absolute atomic E-state index is 0. The standard InChI is InChI=1S/C20H31N5O2.HI/c1-2-21-19(25-7-4-20(15-25)5-10-27-16-20)23-14-17-3-6-22-18(13-17)24-8-11-26-12-9-24;/h3,6,13H,2,4-5,7-12,14-16H2,1H3,(H,21,23);1H. The lowest BCUT2D eigenvalue weighted by molar-refractivity contribution is 0.122. The molecule has 28 heavy (non-hydrogen) atoms. The predicted molar refractivity (Wildman–Crippen MR) is 122 cm³/mol. The van der Waals surface area contributed by atoms with Crippen LogP contribution < -0.4 is 10.2 Å². The third-order valence-corrected chi connectivity index (χ3v) is 5.81. The van der Waals surface area contributed by atoms with Crippen molar-refractivity contribution < 1.29 is 9.47 Å². The predicted octanol–water partition coefficient (Wildman–Crippen LogP) is 2.11. The number of pyridine rings is 1. The van der Waals surface area contributed by atoms with Gasteiger partial charge in [0.25, 0.3) is 0 Å². The topological polar surface area (TPSA) is 62.2 Å². The van der Waals surface area contributed by atoms with Crippen molar-refractivity contribution in [1.29, 1.82) is 0 Å². The lowest BCUT2D eigenvalue weighted by Gasteiger charge is -2.28.